The summed E-state index contributed by atoms with van der Waals surface area (Å²) < 4.78 is 13.8. The number of Topliss-reactive ketones (excluding diaryl/α,β-unsaturated/α-hetero) is 1. The summed E-state index contributed by atoms with van der Waals surface area (Å²) in [7, 11) is 1.72. The van der Waals surface area contributed by atoms with Gasteiger partial charge < -0.3 is 9.80 Å². The maximum absolute atomic E-state index is 13.8. The molecule has 0 aliphatic carbocycles. The molecular weight excluding hydrogens is 331 g/mol. The van der Waals surface area contributed by atoms with Crippen LogP contribution < -0.4 is 0 Å². The topological polar surface area (TPSA) is 40.6 Å². The predicted molar refractivity (Wildman–Crippen MR) is 101 cm³/mol. The number of amides is 1. The normalized spacial score (nSPS) is 18.1. The van der Waals surface area contributed by atoms with Gasteiger partial charge in [-0.25, -0.2) is 4.39 Å². The van der Waals surface area contributed by atoms with Gasteiger partial charge in [-0.1, -0.05) is 32.0 Å². The largest absolute Gasteiger partial charge is 0.339 e. The Kier molecular flexibility index (Phi) is 7.76. The minimum absolute atomic E-state index is 0.143. The van der Waals surface area contributed by atoms with Crippen molar-refractivity contribution in [3.63, 3.8) is 0 Å². The second kappa shape index (κ2) is 9.81. The number of ketones is 1. The minimum atomic E-state index is -0.373. The molecule has 1 aliphatic rings. The van der Waals surface area contributed by atoms with Gasteiger partial charge in [-0.05, 0) is 49.3 Å². The maximum Gasteiger partial charge on any atom is 0.289 e. The van der Waals surface area contributed by atoms with Gasteiger partial charge in [0, 0.05) is 33.1 Å². The van der Waals surface area contributed by atoms with E-state index in [1.807, 2.05) is 26.0 Å². The van der Waals surface area contributed by atoms with Crippen molar-refractivity contribution in [2.45, 2.75) is 39.5 Å². The van der Waals surface area contributed by atoms with Crippen molar-refractivity contribution in [1.82, 2.24) is 9.80 Å². The van der Waals surface area contributed by atoms with Gasteiger partial charge in [-0.15, -0.1) is 0 Å². The second-order valence-corrected chi connectivity index (χ2v) is 7.86. The maximum atomic E-state index is 13.8. The lowest BCUT2D eigenvalue weighted by Gasteiger charge is -2.34. The molecule has 1 aromatic carbocycles. The van der Waals surface area contributed by atoms with E-state index in [0.717, 1.165) is 38.0 Å². The molecule has 1 fully saturated rings. The van der Waals surface area contributed by atoms with E-state index in [2.05, 4.69) is 4.90 Å². The smallest absolute Gasteiger partial charge is 0.289 e. The number of carbonyl (C=O) groups excluding carboxylic acids is 2. The monoisotopic (exact) mass is 362 g/mol. The van der Waals surface area contributed by atoms with Crippen molar-refractivity contribution < 1.29 is 14.0 Å². The molecule has 1 amide bonds. The Balaban J connectivity index is 1.81. The lowest BCUT2D eigenvalue weighted by molar-refractivity contribution is -0.144. The van der Waals surface area contributed by atoms with E-state index in [-0.39, 0.29) is 23.4 Å². The van der Waals surface area contributed by atoms with Crippen LogP contribution in [0.15, 0.2) is 24.3 Å². The van der Waals surface area contributed by atoms with Crippen molar-refractivity contribution >= 4 is 11.7 Å². The molecule has 5 heteroatoms. The number of halogens is 1. The highest BCUT2D eigenvalue weighted by Crippen LogP contribution is 2.19. The van der Waals surface area contributed by atoms with E-state index < -0.39 is 0 Å². The minimum Gasteiger partial charge on any atom is -0.339 e. The van der Waals surface area contributed by atoms with E-state index >= 15 is 0 Å². The zero-order valence-electron chi connectivity index (χ0n) is 16.2. The Morgan fingerprint density at radius 2 is 2.04 bits per heavy atom. The Morgan fingerprint density at radius 1 is 1.31 bits per heavy atom. The molecule has 1 aromatic rings. The molecule has 1 heterocycles. The number of carbonyl (C=O) groups is 2. The van der Waals surface area contributed by atoms with Crippen LogP contribution in [-0.2, 0) is 16.0 Å². The van der Waals surface area contributed by atoms with Crippen LogP contribution in [0.2, 0.25) is 0 Å². The van der Waals surface area contributed by atoms with E-state index in [0.29, 0.717) is 25.3 Å². The summed E-state index contributed by atoms with van der Waals surface area (Å²) in [5, 5.41) is 0. The first-order chi connectivity index (χ1) is 12.4. The molecule has 1 aliphatic heterocycles. The van der Waals surface area contributed by atoms with Crippen LogP contribution in [-0.4, -0.2) is 54.7 Å². The highest BCUT2D eigenvalue weighted by atomic mass is 19.1. The van der Waals surface area contributed by atoms with Crippen LogP contribution in [0.1, 0.15) is 38.7 Å². The summed E-state index contributed by atoms with van der Waals surface area (Å²) >= 11 is 0. The SMILES string of the molecule is CC(C)CC(=O)C(=O)N(C)CC1CCCN(CCc2ccccc2F)C1. The number of likely N-dealkylation sites (tertiary alicyclic amines) is 1. The Hall–Kier alpha value is -1.75. The molecule has 2 rings (SSSR count). The average molecular weight is 362 g/mol. The molecule has 4 nitrogen and oxygen atoms in total. The predicted octanol–water partition coefficient (Wildman–Crippen LogP) is 3.15. The van der Waals surface area contributed by atoms with Crippen molar-refractivity contribution in [3.05, 3.63) is 35.6 Å². The Morgan fingerprint density at radius 3 is 2.73 bits per heavy atom. The van der Waals surface area contributed by atoms with Gasteiger partial charge in [0.1, 0.15) is 5.82 Å². The first-order valence-corrected chi connectivity index (χ1v) is 9.61. The molecule has 144 valence electrons. The van der Waals surface area contributed by atoms with E-state index in [4.69, 9.17) is 0 Å². The Bertz CT molecular complexity index is 618. The first-order valence-electron chi connectivity index (χ1n) is 9.61. The first kappa shape index (κ1) is 20.6. The molecule has 26 heavy (non-hydrogen) atoms. The van der Waals surface area contributed by atoms with Crippen molar-refractivity contribution in [2.75, 3.05) is 33.2 Å². The zero-order chi connectivity index (χ0) is 19.1. The van der Waals surface area contributed by atoms with Gasteiger partial charge in [0.2, 0.25) is 5.78 Å². The van der Waals surface area contributed by atoms with E-state index in [1.165, 1.54) is 6.07 Å². The van der Waals surface area contributed by atoms with Crippen LogP contribution in [0.4, 0.5) is 4.39 Å². The van der Waals surface area contributed by atoms with Gasteiger partial charge in [0.05, 0.1) is 0 Å². The van der Waals surface area contributed by atoms with Crippen molar-refractivity contribution in [3.8, 4) is 0 Å². The van der Waals surface area contributed by atoms with Gasteiger partial charge in [0.15, 0.2) is 0 Å². The number of likely N-dealkylation sites (N-methyl/N-ethyl adjacent to an activating group) is 1. The van der Waals surface area contributed by atoms with Crippen LogP contribution in [0.5, 0.6) is 0 Å². The summed E-state index contributed by atoms with van der Waals surface area (Å²) in [6.07, 6.45) is 3.14. The molecule has 0 radical (unpaired) electrons. The third-order valence-electron chi connectivity index (χ3n) is 4.97. The molecule has 0 N–H and O–H groups in total. The van der Waals surface area contributed by atoms with Gasteiger partial charge in [-0.3, -0.25) is 9.59 Å². The average Bonchev–Trinajstić information content (AvgIpc) is 2.60. The molecular formula is C21H31FN2O2. The number of nitrogens with zero attached hydrogens (tertiary/aromatic N) is 2. The van der Waals surface area contributed by atoms with Crippen LogP contribution in [0.25, 0.3) is 0 Å². The van der Waals surface area contributed by atoms with Crippen LogP contribution >= 0.6 is 0 Å². The molecule has 1 atom stereocenters. The fraction of sp³-hybridized carbons (Fsp3) is 0.619. The summed E-state index contributed by atoms with van der Waals surface area (Å²) in [5.41, 5.74) is 0.751. The Labute approximate surface area is 156 Å². The molecule has 1 unspecified atom stereocenters. The number of rotatable bonds is 8. The lowest BCUT2D eigenvalue weighted by atomic mass is 9.96. The molecule has 0 spiro atoms. The molecule has 0 aromatic heterocycles. The van der Waals surface area contributed by atoms with Crippen LogP contribution in [0.3, 0.4) is 0 Å². The van der Waals surface area contributed by atoms with E-state index in [9.17, 15) is 14.0 Å². The molecule has 0 bridgehead atoms. The summed E-state index contributed by atoms with van der Waals surface area (Å²) in [4.78, 5) is 28.1. The number of hydrogen-bond donors (Lipinski definition) is 0. The van der Waals surface area contributed by atoms with E-state index in [1.54, 1.807) is 18.0 Å². The molecule has 0 saturated carbocycles. The van der Waals surface area contributed by atoms with Crippen molar-refractivity contribution in [1.29, 1.82) is 0 Å². The second-order valence-electron chi connectivity index (χ2n) is 7.86. The lowest BCUT2D eigenvalue weighted by Crippen LogP contribution is -2.43. The quantitative estimate of drug-likeness (QED) is 0.667. The number of benzene rings is 1. The van der Waals surface area contributed by atoms with Crippen molar-refractivity contribution in [2.24, 2.45) is 11.8 Å². The third-order valence-corrected chi connectivity index (χ3v) is 4.97. The third kappa shape index (κ3) is 6.20. The number of piperidine rings is 1. The summed E-state index contributed by atoms with van der Waals surface area (Å²) in [6.45, 7) is 7.22. The van der Waals surface area contributed by atoms with Gasteiger partial charge >= 0.3 is 0 Å². The molecule has 1 saturated heterocycles. The van der Waals surface area contributed by atoms with Gasteiger partial charge in [0.25, 0.3) is 5.91 Å². The fourth-order valence-electron chi connectivity index (χ4n) is 3.62. The standard InChI is InChI=1S/C21H31FN2O2/c1-16(2)13-20(25)21(26)23(3)14-17-7-6-11-24(15-17)12-10-18-8-4-5-9-19(18)22/h4-5,8-9,16-17H,6-7,10-15H2,1-3H3. The zero-order valence-corrected chi connectivity index (χ0v) is 16.2. The number of hydrogen-bond acceptors (Lipinski definition) is 3. The fourth-order valence-corrected chi connectivity index (χ4v) is 3.62. The highest BCUT2D eigenvalue weighted by Gasteiger charge is 2.25. The van der Waals surface area contributed by atoms with Gasteiger partial charge in [-0.2, -0.15) is 0 Å². The summed E-state index contributed by atoms with van der Waals surface area (Å²) in [5.74, 6) is -0.250. The summed E-state index contributed by atoms with van der Waals surface area (Å²) in [6, 6.07) is 6.92. The highest BCUT2D eigenvalue weighted by molar-refractivity contribution is 6.36. The van der Waals surface area contributed by atoms with Crippen LogP contribution in [0, 0.1) is 17.7 Å².